The highest BCUT2D eigenvalue weighted by molar-refractivity contribution is 5.82. The molecule has 0 spiro atoms. The topological polar surface area (TPSA) is 23.6 Å². The minimum atomic E-state index is 0.301. The molecule has 1 aliphatic heterocycles. The maximum Gasteiger partial charge on any atom is 0.137 e. The molecular formula is C18H32N2O. The summed E-state index contributed by atoms with van der Waals surface area (Å²) in [4.78, 5) is 17.5. The van der Waals surface area contributed by atoms with Gasteiger partial charge in [0, 0.05) is 51.1 Å². The number of carbonyl (C=O) groups excluding carboxylic acids is 1. The van der Waals surface area contributed by atoms with Gasteiger partial charge in [0.05, 0.1) is 0 Å². The van der Waals surface area contributed by atoms with Crippen LogP contribution in [-0.2, 0) is 4.79 Å². The van der Waals surface area contributed by atoms with Crippen LogP contribution in [-0.4, -0.2) is 54.3 Å². The van der Waals surface area contributed by atoms with E-state index < -0.39 is 0 Å². The average molecular weight is 292 g/mol. The van der Waals surface area contributed by atoms with Gasteiger partial charge in [0.1, 0.15) is 5.78 Å². The lowest BCUT2D eigenvalue weighted by molar-refractivity contribution is -0.127. The van der Waals surface area contributed by atoms with Gasteiger partial charge in [0.25, 0.3) is 0 Å². The fraction of sp³-hybridized carbons (Fsp3) is 0.944. The first-order chi connectivity index (χ1) is 9.93. The Kier molecular flexibility index (Phi) is 4.42. The van der Waals surface area contributed by atoms with Gasteiger partial charge in [-0.3, -0.25) is 9.69 Å². The third-order valence-corrected chi connectivity index (χ3v) is 5.94. The second-order valence-electron chi connectivity index (χ2n) is 8.57. The molecule has 2 unspecified atom stereocenters. The summed E-state index contributed by atoms with van der Waals surface area (Å²) >= 11 is 0. The number of hydrogen-bond acceptors (Lipinski definition) is 3. The van der Waals surface area contributed by atoms with E-state index in [1.807, 2.05) is 0 Å². The van der Waals surface area contributed by atoms with Gasteiger partial charge in [0.2, 0.25) is 0 Å². The van der Waals surface area contributed by atoms with E-state index in [0.29, 0.717) is 23.0 Å². The van der Waals surface area contributed by atoms with Gasteiger partial charge in [-0.2, -0.15) is 0 Å². The number of carbonyl (C=O) groups is 1. The normalized spacial score (nSPS) is 33.4. The highest BCUT2D eigenvalue weighted by atomic mass is 16.1. The maximum absolute atomic E-state index is 12.3. The highest BCUT2D eigenvalue weighted by Crippen LogP contribution is 2.39. The third-order valence-electron chi connectivity index (χ3n) is 5.94. The molecule has 2 saturated carbocycles. The van der Waals surface area contributed by atoms with E-state index in [4.69, 9.17) is 0 Å². The summed E-state index contributed by atoms with van der Waals surface area (Å²) < 4.78 is 0. The van der Waals surface area contributed by atoms with Crippen LogP contribution in [0, 0.1) is 17.3 Å². The first-order valence-electron chi connectivity index (χ1n) is 8.92. The molecule has 3 nitrogen and oxygen atoms in total. The molecule has 2 aliphatic carbocycles. The Labute approximate surface area is 130 Å². The molecule has 1 heterocycles. The molecule has 0 radical (unpaired) electrons. The van der Waals surface area contributed by atoms with Crippen molar-refractivity contribution in [3.05, 3.63) is 0 Å². The largest absolute Gasteiger partial charge is 0.300 e. The predicted molar refractivity (Wildman–Crippen MR) is 86.3 cm³/mol. The first kappa shape index (κ1) is 15.5. The zero-order valence-corrected chi connectivity index (χ0v) is 14.1. The Balaban J connectivity index is 1.50. The molecule has 2 atom stereocenters. The quantitative estimate of drug-likeness (QED) is 0.799. The Bertz CT molecular complexity index is 375. The van der Waals surface area contributed by atoms with E-state index in [-0.39, 0.29) is 0 Å². The monoisotopic (exact) mass is 292 g/mol. The van der Waals surface area contributed by atoms with Crippen molar-refractivity contribution in [1.29, 1.82) is 0 Å². The van der Waals surface area contributed by atoms with Crippen LogP contribution in [0.15, 0.2) is 0 Å². The Morgan fingerprint density at radius 3 is 2.29 bits per heavy atom. The number of piperazine rings is 1. The number of rotatable bonds is 3. The molecule has 1 saturated heterocycles. The number of Topliss-reactive ketones (excluding diaryl/α,β-unsaturated/α-hetero) is 1. The summed E-state index contributed by atoms with van der Waals surface area (Å²) in [5, 5.41) is 0. The third kappa shape index (κ3) is 3.87. The zero-order chi connectivity index (χ0) is 15.0. The summed E-state index contributed by atoms with van der Waals surface area (Å²) in [6, 6.07) is 0.897. The fourth-order valence-corrected chi connectivity index (χ4v) is 4.14. The average Bonchev–Trinajstić information content (AvgIpc) is 3.25. The molecule has 0 N–H and O–H groups in total. The summed E-state index contributed by atoms with van der Waals surface area (Å²) in [5.74, 6) is 1.54. The van der Waals surface area contributed by atoms with Gasteiger partial charge in [-0.05, 0) is 37.0 Å². The van der Waals surface area contributed by atoms with Gasteiger partial charge in [0.15, 0.2) is 0 Å². The predicted octanol–water partition coefficient (Wildman–Crippen LogP) is 2.80. The minimum absolute atomic E-state index is 0.301. The molecule has 0 aromatic rings. The van der Waals surface area contributed by atoms with Crippen molar-refractivity contribution in [3.8, 4) is 0 Å². The van der Waals surface area contributed by atoms with Crippen molar-refractivity contribution in [1.82, 2.24) is 9.80 Å². The van der Waals surface area contributed by atoms with E-state index in [2.05, 4.69) is 30.6 Å². The molecule has 0 amide bonds. The van der Waals surface area contributed by atoms with Gasteiger partial charge in [-0.25, -0.2) is 0 Å². The van der Waals surface area contributed by atoms with Crippen LogP contribution in [0.2, 0.25) is 0 Å². The van der Waals surface area contributed by atoms with Crippen LogP contribution in [0.3, 0.4) is 0 Å². The van der Waals surface area contributed by atoms with Gasteiger partial charge < -0.3 is 4.90 Å². The number of nitrogens with zero attached hydrogens (tertiary/aromatic N) is 2. The van der Waals surface area contributed by atoms with Crippen LogP contribution in [0.1, 0.15) is 52.9 Å². The summed E-state index contributed by atoms with van der Waals surface area (Å²) in [6.07, 6.45) is 5.86. The van der Waals surface area contributed by atoms with Crippen molar-refractivity contribution in [2.45, 2.75) is 58.9 Å². The lowest BCUT2D eigenvalue weighted by Crippen LogP contribution is -2.49. The summed E-state index contributed by atoms with van der Waals surface area (Å²) in [7, 11) is 0. The number of hydrogen-bond donors (Lipinski definition) is 0. The number of ketones is 1. The fourth-order valence-electron chi connectivity index (χ4n) is 4.14. The standard InChI is InChI=1S/C18H32N2O/c1-18(2,3)15-4-7-17(21)14(12-15)13-19-8-10-20(11-9-19)16-5-6-16/h14-16H,4-13H2,1-3H3. The Hall–Kier alpha value is -0.410. The lowest BCUT2D eigenvalue weighted by Gasteiger charge is -2.40. The van der Waals surface area contributed by atoms with E-state index in [9.17, 15) is 4.79 Å². The molecule has 0 aromatic heterocycles. The molecule has 21 heavy (non-hydrogen) atoms. The van der Waals surface area contributed by atoms with Crippen molar-refractivity contribution < 1.29 is 4.79 Å². The van der Waals surface area contributed by atoms with E-state index in [0.717, 1.165) is 31.8 Å². The Morgan fingerprint density at radius 1 is 1.05 bits per heavy atom. The van der Waals surface area contributed by atoms with Crippen LogP contribution < -0.4 is 0 Å². The molecule has 3 heteroatoms. The SMILES string of the molecule is CC(C)(C)C1CCC(=O)C(CN2CCN(C3CC3)CC2)C1. The van der Waals surface area contributed by atoms with Crippen molar-refractivity contribution in [3.63, 3.8) is 0 Å². The summed E-state index contributed by atoms with van der Waals surface area (Å²) in [5.41, 5.74) is 0.351. The second kappa shape index (κ2) is 6.00. The zero-order valence-electron chi connectivity index (χ0n) is 14.1. The molecule has 3 rings (SSSR count). The van der Waals surface area contributed by atoms with Gasteiger partial charge >= 0.3 is 0 Å². The van der Waals surface area contributed by atoms with Crippen molar-refractivity contribution in [2.24, 2.45) is 17.3 Å². The van der Waals surface area contributed by atoms with E-state index >= 15 is 0 Å². The molecule has 0 aromatic carbocycles. The van der Waals surface area contributed by atoms with Gasteiger partial charge in [-0.1, -0.05) is 20.8 Å². The highest BCUT2D eigenvalue weighted by Gasteiger charge is 2.37. The van der Waals surface area contributed by atoms with E-state index in [1.165, 1.54) is 39.0 Å². The van der Waals surface area contributed by atoms with Crippen molar-refractivity contribution >= 4 is 5.78 Å². The van der Waals surface area contributed by atoms with Crippen LogP contribution in [0.25, 0.3) is 0 Å². The molecule has 3 aliphatic rings. The second-order valence-corrected chi connectivity index (χ2v) is 8.57. The summed E-state index contributed by atoms with van der Waals surface area (Å²) in [6.45, 7) is 12.8. The van der Waals surface area contributed by atoms with Crippen LogP contribution in [0.5, 0.6) is 0 Å². The molecular weight excluding hydrogens is 260 g/mol. The molecule has 0 bridgehead atoms. The first-order valence-corrected chi connectivity index (χ1v) is 8.92. The van der Waals surface area contributed by atoms with E-state index in [1.54, 1.807) is 0 Å². The lowest BCUT2D eigenvalue weighted by atomic mass is 9.68. The van der Waals surface area contributed by atoms with Crippen LogP contribution in [0.4, 0.5) is 0 Å². The molecule has 120 valence electrons. The Morgan fingerprint density at radius 2 is 1.71 bits per heavy atom. The minimum Gasteiger partial charge on any atom is -0.300 e. The smallest absolute Gasteiger partial charge is 0.137 e. The van der Waals surface area contributed by atoms with Crippen LogP contribution >= 0.6 is 0 Å². The molecule has 3 fully saturated rings. The maximum atomic E-state index is 12.3. The van der Waals surface area contributed by atoms with Crippen molar-refractivity contribution in [2.75, 3.05) is 32.7 Å². The van der Waals surface area contributed by atoms with Gasteiger partial charge in [-0.15, -0.1) is 0 Å².